The van der Waals surface area contributed by atoms with Crippen LogP contribution in [0, 0.1) is 5.92 Å². The van der Waals surface area contributed by atoms with E-state index in [9.17, 15) is 27.6 Å². The Balaban J connectivity index is 1.65. The van der Waals surface area contributed by atoms with Gasteiger partial charge in [-0.25, -0.2) is 9.59 Å². The number of esters is 2. The summed E-state index contributed by atoms with van der Waals surface area (Å²) in [5, 5.41) is 2.24. The van der Waals surface area contributed by atoms with Crippen molar-refractivity contribution in [2.45, 2.75) is 37.6 Å². The number of rotatable bonds is 5. The molecule has 10 heteroatoms. The second kappa shape index (κ2) is 7.10. The molecule has 1 N–H and O–H groups in total. The molecule has 0 radical (unpaired) electrons. The molecule has 1 heterocycles. The topological polar surface area (TPSA) is 90.9 Å². The zero-order valence-corrected chi connectivity index (χ0v) is 12.6. The van der Waals surface area contributed by atoms with Crippen molar-refractivity contribution in [1.29, 1.82) is 0 Å². The highest BCUT2D eigenvalue weighted by Crippen LogP contribution is 2.35. The number of carbonyl (C=O) groups excluding carboxylic acids is 3. The van der Waals surface area contributed by atoms with Gasteiger partial charge in [0.2, 0.25) is 0 Å². The van der Waals surface area contributed by atoms with Gasteiger partial charge < -0.3 is 19.5 Å². The number of halogens is 3. The van der Waals surface area contributed by atoms with Crippen LogP contribution in [0.2, 0.25) is 0 Å². The van der Waals surface area contributed by atoms with Gasteiger partial charge in [0.1, 0.15) is 24.4 Å². The largest absolute Gasteiger partial charge is 0.460 e. The smallest absolute Gasteiger partial charge is 0.422 e. The number of alkyl halides is 3. The Hall–Kier alpha value is -2.26. The minimum absolute atomic E-state index is 0.140. The molecular formula is C14H16F3NO6. The predicted molar refractivity (Wildman–Crippen MR) is 71.6 cm³/mol. The zero-order valence-electron chi connectivity index (χ0n) is 12.6. The lowest BCUT2D eigenvalue weighted by Crippen LogP contribution is -2.38. The molecule has 1 saturated carbocycles. The molecule has 3 unspecified atom stereocenters. The van der Waals surface area contributed by atoms with E-state index in [4.69, 9.17) is 9.47 Å². The van der Waals surface area contributed by atoms with E-state index in [1.807, 2.05) is 0 Å². The van der Waals surface area contributed by atoms with Crippen molar-refractivity contribution in [1.82, 2.24) is 5.32 Å². The lowest BCUT2D eigenvalue weighted by atomic mass is 9.88. The maximum atomic E-state index is 12.2. The zero-order chi connectivity index (χ0) is 17.9. The van der Waals surface area contributed by atoms with Gasteiger partial charge in [0, 0.05) is 6.42 Å². The first-order valence-electron chi connectivity index (χ1n) is 7.26. The van der Waals surface area contributed by atoms with Crippen LogP contribution < -0.4 is 5.32 Å². The van der Waals surface area contributed by atoms with Crippen LogP contribution >= 0.6 is 0 Å². The Morgan fingerprint density at radius 3 is 2.71 bits per heavy atom. The highest BCUT2D eigenvalue weighted by atomic mass is 19.4. The minimum atomic E-state index is -4.86. The summed E-state index contributed by atoms with van der Waals surface area (Å²) >= 11 is 0. The number of hydrogen-bond acceptors (Lipinski definition) is 6. The van der Waals surface area contributed by atoms with Gasteiger partial charge in [-0.2, -0.15) is 13.2 Å². The highest BCUT2D eigenvalue weighted by Gasteiger charge is 2.45. The van der Waals surface area contributed by atoms with E-state index < -0.39 is 42.6 Å². The van der Waals surface area contributed by atoms with Crippen molar-refractivity contribution in [3.63, 3.8) is 0 Å². The van der Waals surface area contributed by atoms with E-state index in [-0.39, 0.29) is 18.4 Å². The normalized spacial score (nSPS) is 25.6. The van der Waals surface area contributed by atoms with Gasteiger partial charge in [0.05, 0.1) is 12.5 Å². The second-order valence-electron chi connectivity index (χ2n) is 5.47. The fourth-order valence-electron chi connectivity index (χ4n) is 2.50. The van der Waals surface area contributed by atoms with Crippen LogP contribution in [0.3, 0.4) is 0 Å². The molecule has 2 fully saturated rings. The molecule has 1 aliphatic heterocycles. The summed E-state index contributed by atoms with van der Waals surface area (Å²) in [6, 6.07) is 0. The molecule has 0 aromatic heterocycles. The summed E-state index contributed by atoms with van der Waals surface area (Å²) in [7, 11) is 0. The van der Waals surface area contributed by atoms with Crippen LogP contribution in [0.5, 0.6) is 0 Å². The first kappa shape index (κ1) is 18.1. The molecule has 0 aromatic carbocycles. The van der Waals surface area contributed by atoms with Crippen molar-refractivity contribution in [2.24, 2.45) is 5.92 Å². The third-order valence-electron chi connectivity index (χ3n) is 3.78. The van der Waals surface area contributed by atoms with Crippen LogP contribution in [-0.4, -0.2) is 49.6 Å². The third-order valence-corrected chi connectivity index (χ3v) is 3.78. The molecule has 2 rings (SSSR count). The van der Waals surface area contributed by atoms with Crippen LogP contribution in [0.25, 0.3) is 0 Å². The van der Waals surface area contributed by atoms with Crippen molar-refractivity contribution >= 4 is 18.0 Å². The SMILES string of the molecule is C=C(C(=O)OCCNC(=O)OC1CCC2CC1OC2=O)C(F)(F)F. The molecule has 1 saturated heterocycles. The summed E-state index contributed by atoms with van der Waals surface area (Å²) in [5.74, 6) is -2.03. The first-order valence-corrected chi connectivity index (χ1v) is 7.26. The fourth-order valence-corrected chi connectivity index (χ4v) is 2.50. The van der Waals surface area contributed by atoms with Gasteiger partial charge >= 0.3 is 24.2 Å². The van der Waals surface area contributed by atoms with Gasteiger partial charge in [-0.1, -0.05) is 6.58 Å². The van der Waals surface area contributed by atoms with Gasteiger partial charge in [-0.3, -0.25) is 4.79 Å². The van der Waals surface area contributed by atoms with Crippen molar-refractivity contribution in [2.75, 3.05) is 13.2 Å². The van der Waals surface area contributed by atoms with Crippen molar-refractivity contribution in [3.05, 3.63) is 12.2 Å². The van der Waals surface area contributed by atoms with Crippen LogP contribution in [-0.2, 0) is 23.8 Å². The van der Waals surface area contributed by atoms with E-state index in [0.717, 1.165) is 0 Å². The van der Waals surface area contributed by atoms with Gasteiger partial charge in [-0.15, -0.1) is 0 Å². The van der Waals surface area contributed by atoms with E-state index in [1.165, 1.54) is 0 Å². The summed E-state index contributed by atoms with van der Waals surface area (Å²) in [5.41, 5.74) is -1.62. The Labute approximate surface area is 135 Å². The second-order valence-corrected chi connectivity index (χ2v) is 5.47. The summed E-state index contributed by atoms with van der Waals surface area (Å²) in [6.07, 6.45) is -5.13. The number of alkyl carbamates (subject to hydrolysis) is 1. The number of fused-ring (bicyclic) bond motifs is 2. The van der Waals surface area contributed by atoms with E-state index >= 15 is 0 Å². The average Bonchev–Trinajstić information content (AvgIpc) is 2.80. The quantitative estimate of drug-likeness (QED) is 0.349. The van der Waals surface area contributed by atoms with Crippen molar-refractivity contribution in [3.8, 4) is 0 Å². The molecule has 24 heavy (non-hydrogen) atoms. The molecule has 1 aliphatic carbocycles. The Morgan fingerprint density at radius 1 is 1.33 bits per heavy atom. The first-order chi connectivity index (χ1) is 11.2. The standard InChI is InChI=1S/C14H16F3NO6/c1-7(14(15,16)17)11(19)22-5-4-18-13(21)24-9-3-2-8-6-10(9)23-12(8)20/h8-10H,1-6H2,(H,18,21). The summed E-state index contributed by atoms with van der Waals surface area (Å²) in [6.45, 7) is 1.90. The molecule has 2 aliphatic rings. The molecule has 1 amide bonds. The number of amides is 1. The number of ether oxygens (including phenoxy) is 3. The van der Waals surface area contributed by atoms with E-state index in [2.05, 4.69) is 16.6 Å². The lowest BCUT2D eigenvalue weighted by Gasteiger charge is -2.25. The monoisotopic (exact) mass is 351 g/mol. The highest BCUT2D eigenvalue weighted by molar-refractivity contribution is 5.89. The van der Waals surface area contributed by atoms with Crippen LogP contribution in [0.1, 0.15) is 19.3 Å². The predicted octanol–water partition coefficient (Wildman–Crippen LogP) is 1.47. The maximum absolute atomic E-state index is 12.2. The Morgan fingerprint density at radius 2 is 2.04 bits per heavy atom. The molecule has 7 nitrogen and oxygen atoms in total. The molecule has 3 atom stereocenters. The molecule has 2 bridgehead atoms. The van der Waals surface area contributed by atoms with Gasteiger partial charge in [-0.05, 0) is 12.8 Å². The molecule has 134 valence electrons. The lowest BCUT2D eigenvalue weighted by molar-refractivity contribution is -0.150. The molecule has 0 aromatic rings. The number of carbonyl (C=O) groups is 3. The number of hydrogen-bond donors (Lipinski definition) is 1. The van der Waals surface area contributed by atoms with Crippen LogP contribution in [0.4, 0.5) is 18.0 Å². The van der Waals surface area contributed by atoms with E-state index in [1.54, 1.807) is 0 Å². The van der Waals surface area contributed by atoms with Gasteiger partial charge in [0.25, 0.3) is 0 Å². The molecular weight excluding hydrogens is 335 g/mol. The number of nitrogens with one attached hydrogen (secondary N) is 1. The fraction of sp³-hybridized carbons (Fsp3) is 0.643. The third kappa shape index (κ3) is 4.39. The maximum Gasteiger partial charge on any atom is 0.422 e. The Kier molecular flexibility index (Phi) is 5.35. The van der Waals surface area contributed by atoms with Crippen molar-refractivity contribution < 1.29 is 41.8 Å². The van der Waals surface area contributed by atoms with Gasteiger partial charge in [0.15, 0.2) is 0 Å². The minimum Gasteiger partial charge on any atom is -0.460 e. The van der Waals surface area contributed by atoms with Crippen LogP contribution in [0.15, 0.2) is 12.2 Å². The summed E-state index contributed by atoms with van der Waals surface area (Å²) < 4.78 is 51.1. The van der Waals surface area contributed by atoms with E-state index in [0.29, 0.717) is 19.3 Å². The Bertz CT molecular complexity index is 547. The molecule has 0 spiro atoms. The summed E-state index contributed by atoms with van der Waals surface area (Å²) in [4.78, 5) is 34.0. The average molecular weight is 351 g/mol.